The molecular formula is C11H19F3N2O2. The Kier molecular flexibility index (Phi) is 6.31. The van der Waals surface area contributed by atoms with Crippen LogP contribution in [0.25, 0.3) is 0 Å². The number of carbonyl (C=O) groups excluding carboxylic acids is 2. The number of hydrogen-bond donors (Lipinski definition) is 1. The molecule has 1 amide bonds. The van der Waals surface area contributed by atoms with Crippen LogP contribution in [0.5, 0.6) is 0 Å². The number of hydrogen-bond acceptors (Lipinski definition) is 3. The van der Waals surface area contributed by atoms with Gasteiger partial charge in [-0.25, -0.2) is 0 Å². The maximum absolute atomic E-state index is 12.0. The molecule has 0 aromatic rings. The van der Waals surface area contributed by atoms with Gasteiger partial charge in [-0.3, -0.25) is 14.5 Å². The number of Topliss-reactive ketones (excluding diaryl/α,β-unsaturated/α-hetero) is 1. The van der Waals surface area contributed by atoms with Gasteiger partial charge in [-0.15, -0.1) is 0 Å². The van der Waals surface area contributed by atoms with E-state index in [2.05, 4.69) is 5.32 Å². The molecule has 0 aromatic heterocycles. The second kappa shape index (κ2) is 6.72. The number of carbonyl (C=O) groups is 2. The first-order valence-corrected chi connectivity index (χ1v) is 5.58. The van der Waals surface area contributed by atoms with Crippen LogP contribution in [0.15, 0.2) is 0 Å². The Morgan fingerprint density at radius 2 is 1.78 bits per heavy atom. The molecule has 0 bridgehead atoms. The molecule has 0 aromatic carbocycles. The minimum Gasteiger partial charge on any atom is -0.345 e. The van der Waals surface area contributed by atoms with Crippen LogP contribution in [-0.2, 0) is 9.59 Å². The summed E-state index contributed by atoms with van der Waals surface area (Å²) in [6.07, 6.45) is -4.34. The van der Waals surface area contributed by atoms with Crippen molar-refractivity contribution in [2.45, 2.75) is 33.0 Å². The Balaban J connectivity index is 4.29. The summed E-state index contributed by atoms with van der Waals surface area (Å²) in [5.41, 5.74) is 0. The van der Waals surface area contributed by atoms with E-state index in [-0.39, 0.29) is 11.7 Å². The van der Waals surface area contributed by atoms with Crippen molar-refractivity contribution in [3.8, 4) is 0 Å². The van der Waals surface area contributed by atoms with E-state index in [0.717, 1.165) is 4.90 Å². The Bertz CT molecular complexity index is 303. The van der Waals surface area contributed by atoms with Crippen molar-refractivity contribution in [2.75, 3.05) is 20.1 Å². The van der Waals surface area contributed by atoms with Gasteiger partial charge in [0.15, 0.2) is 5.78 Å². The van der Waals surface area contributed by atoms with Crippen LogP contribution in [0.1, 0.15) is 20.8 Å². The Hall–Kier alpha value is -1.11. The molecule has 0 spiro atoms. The van der Waals surface area contributed by atoms with Crippen LogP contribution >= 0.6 is 0 Å². The van der Waals surface area contributed by atoms with Crippen molar-refractivity contribution in [3.05, 3.63) is 0 Å². The summed E-state index contributed by atoms with van der Waals surface area (Å²) in [6.45, 7) is 3.30. The average Bonchev–Trinajstić information content (AvgIpc) is 2.09. The lowest BCUT2D eigenvalue weighted by molar-refractivity contribution is -0.146. The van der Waals surface area contributed by atoms with E-state index in [1.165, 1.54) is 14.0 Å². The average molecular weight is 268 g/mol. The van der Waals surface area contributed by atoms with E-state index < -0.39 is 31.2 Å². The fourth-order valence-electron chi connectivity index (χ4n) is 1.56. The highest BCUT2D eigenvalue weighted by molar-refractivity contribution is 5.88. The topological polar surface area (TPSA) is 49.4 Å². The molecule has 0 aliphatic carbocycles. The van der Waals surface area contributed by atoms with Gasteiger partial charge < -0.3 is 5.32 Å². The minimum absolute atomic E-state index is 0.0978. The molecule has 0 fully saturated rings. The number of nitrogens with zero attached hydrogens (tertiary/aromatic N) is 1. The number of amides is 1. The Morgan fingerprint density at radius 3 is 2.11 bits per heavy atom. The quantitative estimate of drug-likeness (QED) is 0.787. The fraction of sp³-hybridized carbons (Fsp3) is 0.818. The van der Waals surface area contributed by atoms with Crippen molar-refractivity contribution in [2.24, 2.45) is 5.92 Å². The zero-order valence-electron chi connectivity index (χ0n) is 11.0. The van der Waals surface area contributed by atoms with E-state index in [9.17, 15) is 22.8 Å². The highest BCUT2D eigenvalue weighted by Crippen LogP contribution is 2.15. The zero-order valence-corrected chi connectivity index (χ0v) is 11.0. The standard InChI is InChI=1S/C11H19F3N2O2/c1-7(2)10(8(3)17)15-9(18)5-16(4)6-11(12,13)14/h7,10H,5-6H2,1-4H3,(H,15,18). The number of likely N-dealkylation sites (N-methyl/N-ethyl adjacent to an activating group) is 1. The molecule has 0 rings (SSSR count). The third-order valence-corrected chi connectivity index (χ3v) is 2.28. The number of nitrogens with one attached hydrogen (secondary N) is 1. The van der Waals surface area contributed by atoms with Crippen LogP contribution in [0, 0.1) is 5.92 Å². The molecule has 1 N–H and O–H groups in total. The summed E-state index contributed by atoms with van der Waals surface area (Å²) in [6, 6.07) is -0.656. The summed E-state index contributed by atoms with van der Waals surface area (Å²) < 4.78 is 36.1. The third-order valence-electron chi connectivity index (χ3n) is 2.28. The number of halogens is 3. The molecule has 1 unspecified atom stereocenters. The summed E-state index contributed by atoms with van der Waals surface area (Å²) in [5, 5.41) is 2.44. The Labute approximate surface area is 105 Å². The summed E-state index contributed by atoms with van der Waals surface area (Å²) >= 11 is 0. The highest BCUT2D eigenvalue weighted by Gasteiger charge is 2.30. The van der Waals surface area contributed by atoms with Gasteiger partial charge >= 0.3 is 6.18 Å². The van der Waals surface area contributed by atoms with Crippen molar-refractivity contribution >= 4 is 11.7 Å². The van der Waals surface area contributed by atoms with E-state index >= 15 is 0 Å². The molecule has 0 saturated heterocycles. The van der Waals surface area contributed by atoms with E-state index in [0.29, 0.717) is 0 Å². The molecule has 7 heteroatoms. The summed E-state index contributed by atoms with van der Waals surface area (Å²) in [5.74, 6) is -0.896. The lowest BCUT2D eigenvalue weighted by Crippen LogP contribution is -2.47. The normalized spacial score (nSPS) is 13.8. The van der Waals surface area contributed by atoms with Crippen molar-refractivity contribution in [1.29, 1.82) is 0 Å². The largest absolute Gasteiger partial charge is 0.401 e. The highest BCUT2D eigenvalue weighted by atomic mass is 19.4. The van der Waals surface area contributed by atoms with Crippen LogP contribution in [-0.4, -0.2) is 48.9 Å². The number of rotatable bonds is 6. The molecule has 4 nitrogen and oxygen atoms in total. The van der Waals surface area contributed by atoms with Gasteiger partial charge in [-0.05, 0) is 19.9 Å². The van der Waals surface area contributed by atoms with Crippen molar-refractivity contribution in [3.63, 3.8) is 0 Å². The predicted molar refractivity (Wildman–Crippen MR) is 61.0 cm³/mol. The van der Waals surface area contributed by atoms with Gasteiger partial charge in [0.25, 0.3) is 0 Å². The lowest BCUT2D eigenvalue weighted by atomic mass is 10.0. The second-order valence-electron chi connectivity index (χ2n) is 4.69. The van der Waals surface area contributed by atoms with Gasteiger partial charge in [0.1, 0.15) is 0 Å². The molecule has 18 heavy (non-hydrogen) atoms. The van der Waals surface area contributed by atoms with Gasteiger partial charge in [0.2, 0.25) is 5.91 Å². The van der Waals surface area contributed by atoms with Gasteiger partial charge in [0, 0.05) is 0 Å². The first-order valence-electron chi connectivity index (χ1n) is 5.58. The third kappa shape index (κ3) is 7.26. The number of ketones is 1. The first kappa shape index (κ1) is 16.9. The van der Waals surface area contributed by atoms with Crippen LogP contribution in [0.3, 0.4) is 0 Å². The molecule has 1 atom stereocenters. The minimum atomic E-state index is -4.34. The first-order chi connectivity index (χ1) is 8.03. The Morgan fingerprint density at radius 1 is 1.28 bits per heavy atom. The van der Waals surface area contributed by atoms with Gasteiger partial charge in [-0.2, -0.15) is 13.2 Å². The molecule has 0 aliphatic rings. The second-order valence-corrected chi connectivity index (χ2v) is 4.69. The van der Waals surface area contributed by atoms with Gasteiger partial charge in [-0.1, -0.05) is 13.8 Å². The zero-order chi connectivity index (χ0) is 14.5. The molecule has 106 valence electrons. The summed E-state index contributed by atoms with van der Waals surface area (Å²) in [7, 11) is 1.20. The van der Waals surface area contributed by atoms with Gasteiger partial charge in [0.05, 0.1) is 19.1 Å². The van der Waals surface area contributed by atoms with E-state index in [4.69, 9.17) is 0 Å². The van der Waals surface area contributed by atoms with Crippen LogP contribution in [0.2, 0.25) is 0 Å². The van der Waals surface area contributed by atoms with Crippen molar-refractivity contribution in [1.82, 2.24) is 10.2 Å². The lowest BCUT2D eigenvalue weighted by Gasteiger charge is -2.22. The molecular weight excluding hydrogens is 249 g/mol. The van der Waals surface area contributed by atoms with Crippen LogP contribution < -0.4 is 5.32 Å². The maximum Gasteiger partial charge on any atom is 0.401 e. The van der Waals surface area contributed by atoms with Crippen LogP contribution in [0.4, 0.5) is 13.2 Å². The van der Waals surface area contributed by atoms with Crippen molar-refractivity contribution < 1.29 is 22.8 Å². The monoisotopic (exact) mass is 268 g/mol. The molecule has 0 heterocycles. The smallest absolute Gasteiger partial charge is 0.345 e. The fourth-order valence-corrected chi connectivity index (χ4v) is 1.56. The summed E-state index contributed by atoms with van der Waals surface area (Å²) in [4.78, 5) is 23.6. The SMILES string of the molecule is CC(=O)C(NC(=O)CN(C)CC(F)(F)F)C(C)C. The molecule has 0 saturated carbocycles. The molecule has 0 radical (unpaired) electrons. The van der Waals surface area contributed by atoms with E-state index in [1.807, 2.05) is 0 Å². The maximum atomic E-state index is 12.0. The van der Waals surface area contributed by atoms with E-state index in [1.54, 1.807) is 13.8 Å². The predicted octanol–water partition coefficient (Wildman–Crippen LogP) is 1.21. The molecule has 0 aliphatic heterocycles. The number of alkyl halides is 3.